The van der Waals surface area contributed by atoms with Gasteiger partial charge in [-0.3, -0.25) is 0 Å². The van der Waals surface area contributed by atoms with Gasteiger partial charge in [-0.15, -0.1) is 0 Å². The Balaban J connectivity index is 1.74. The number of aliphatic hydroxyl groups excluding tert-OH is 1. The zero-order chi connectivity index (χ0) is 27.9. The third-order valence-electron chi connectivity index (χ3n) is 5.87. The second-order valence-electron chi connectivity index (χ2n) is 8.56. The SMILES string of the molecule is COc1ccc(/C=C/C(=O)O[C@@H]2[C@@H](OC(=O)/C=C/c3ccc(O)cc3)C[C@@](O)(C(=O)O)C[C@@H]2O)cc1OC. The summed E-state index contributed by atoms with van der Waals surface area (Å²) >= 11 is 0. The summed E-state index contributed by atoms with van der Waals surface area (Å²) < 4.78 is 21.0. The van der Waals surface area contributed by atoms with Crippen molar-refractivity contribution in [1.82, 2.24) is 0 Å². The maximum absolute atomic E-state index is 12.5. The Bertz CT molecular complexity index is 1220. The number of phenols is 1. The number of hydrogen-bond donors (Lipinski definition) is 4. The molecule has 1 aliphatic carbocycles. The van der Waals surface area contributed by atoms with Crippen molar-refractivity contribution in [3.05, 3.63) is 65.7 Å². The molecular weight excluding hydrogens is 500 g/mol. The highest BCUT2D eigenvalue weighted by atomic mass is 16.6. The molecule has 11 heteroatoms. The summed E-state index contributed by atoms with van der Waals surface area (Å²) in [4.78, 5) is 36.6. The van der Waals surface area contributed by atoms with Crippen LogP contribution in [0.3, 0.4) is 0 Å². The monoisotopic (exact) mass is 528 g/mol. The third-order valence-corrected chi connectivity index (χ3v) is 5.87. The normalized spacial score (nSPS) is 23.2. The molecule has 1 fully saturated rings. The molecule has 4 atom stereocenters. The van der Waals surface area contributed by atoms with Gasteiger partial charge in [-0.05, 0) is 47.5 Å². The first kappa shape index (κ1) is 28.2. The molecule has 0 spiro atoms. The highest BCUT2D eigenvalue weighted by Crippen LogP contribution is 2.33. The van der Waals surface area contributed by atoms with Gasteiger partial charge >= 0.3 is 17.9 Å². The Hall–Kier alpha value is -4.35. The van der Waals surface area contributed by atoms with Gasteiger partial charge in [-0.1, -0.05) is 18.2 Å². The fourth-order valence-electron chi connectivity index (χ4n) is 3.91. The molecule has 1 aliphatic rings. The molecule has 4 N–H and O–H groups in total. The molecule has 0 saturated heterocycles. The lowest BCUT2D eigenvalue weighted by atomic mass is 9.79. The summed E-state index contributed by atoms with van der Waals surface area (Å²) in [6, 6.07) is 10.8. The number of phenolic OH excluding ortho intramolecular Hbond substituents is 1. The van der Waals surface area contributed by atoms with Crippen LogP contribution in [0.2, 0.25) is 0 Å². The maximum atomic E-state index is 12.5. The molecule has 38 heavy (non-hydrogen) atoms. The number of benzene rings is 2. The molecular formula is C27H28O11. The Morgan fingerprint density at radius 3 is 2.05 bits per heavy atom. The first-order valence-electron chi connectivity index (χ1n) is 11.5. The molecule has 3 rings (SSSR count). The summed E-state index contributed by atoms with van der Waals surface area (Å²) in [5.74, 6) is -2.47. The van der Waals surface area contributed by atoms with E-state index < -0.39 is 54.7 Å². The molecule has 0 aromatic heterocycles. The maximum Gasteiger partial charge on any atom is 0.335 e. The Labute approximate surface area is 218 Å². The van der Waals surface area contributed by atoms with E-state index in [9.17, 15) is 34.8 Å². The quantitative estimate of drug-likeness (QED) is 0.277. The van der Waals surface area contributed by atoms with Crippen LogP contribution >= 0.6 is 0 Å². The predicted molar refractivity (Wildman–Crippen MR) is 133 cm³/mol. The number of carboxylic acids is 1. The number of hydrogen-bond acceptors (Lipinski definition) is 10. The smallest absolute Gasteiger partial charge is 0.335 e. The van der Waals surface area contributed by atoms with E-state index in [2.05, 4.69) is 0 Å². The van der Waals surface area contributed by atoms with Crippen LogP contribution in [0.5, 0.6) is 17.2 Å². The van der Waals surface area contributed by atoms with E-state index in [4.69, 9.17) is 18.9 Å². The van der Waals surface area contributed by atoms with Gasteiger partial charge in [0, 0.05) is 25.0 Å². The van der Waals surface area contributed by atoms with Crippen LogP contribution in [-0.2, 0) is 23.9 Å². The molecule has 0 radical (unpaired) electrons. The number of aromatic hydroxyl groups is 1. The minimum atomic E-state index is -2.40. The highest BCUT2D eigenvalue weighted by Gasteiger charge is 2.52. The largest absolute Gasteiger partial charge is 0.508 e. The highest BCUT2D eigenvalue weighted by molar-refractivity contribution is 5.88. The Morgan fingerprint density at radius 1 is 0.868 bits per heavy atom. The van der Waals surface area contributed by atoms with E-state index in [0.717, 1.165) is 12.2 Å². The minimum Gasteiger partial charge on any atom is -0.508 e. The fraction of sp³-hybridized carbons (Fsp3) is 0.296. The average molecular weight is 529 g/mol. The van der Waals surface area contributed by atoms with E-state index in [1.54, 1.807) is 30.3 Å². The molecule has 0 heterocycles. The topological polar surface area (TPSA) is 169 Å². The van der Waals surface area contributed by atoms with E-state index in [1.807, 2.05) is 0 Å². The standard InChI is InChI=1S/C27H28O11/c1-35-20-10-5-17(13-21(20)36-2)7-12-24(31)38-25-19(29)14-27(34,26(32)33)15-22(25)37-23(30)11-6-16-3-8-18(28)9-4-16/h3-13,19,22,25,28-29,34H,14-15H2,1-2H3,(H,32,33)/b11-6+,12-7+/t19-,22-,25-,27+/m0/s1. The molecule has 11 nitrogen and oxygen atoms in total. The molecule has 202 valence electrons. The Morgan fingerprint density at radius 2 is 1.45 bits per heavy atom. The van der Waals surface area contributed by atoms with Crippen molar-refractivity contribution in [2.45, 2.75) is 36.8 Å². The number of aliphatic hydroxyl groups is 2. The third kappa shape index (κ3) is 7.11. The van der Waals surface area contributed by atoms with Crippen LogP contribution in [0.1, 0.15) is 24.0 Å². The van der Waals surface area contributed by atoms with Gasteiger partial charge in [0.1, 0.15) is 11.9 Å². The van der Waals surface area contributed by atoms with Gasteiger partial charge in [-0.2, -0.15) is 0 Å². The van der Waals surface area contributed by atoms with E-state index in [1.165, 1.54) is 38.5 Å². The Kier molecular flexibility index (Phi) is 9.11. The van der Waals surface area contributed by atoms with Gasteiger partial charge in [0.2, 0.25) is 0 Å². The number of carbonyl (C=O) groups excluding carboxylic acids is 2. The van der Waals surface area contributed by atoms with Crippen LogP contribution in [0.15, 0.2) is 54.6 Å². The number of rotatable bonds is 9. The fourth-order valence-corrected chi connectivity index (χ4v) is 3.91. The number of esters is 2. The molecule has 0 amide bonds. The second kappa shape index (κ2) is 12.3. The minimum absolute atomic E-state index is 0.0405. The van der Waals surface area contributed by atoms with Gasteiger partial charge in [-0.25, -0.2) is 14.4 Å². The van der Waals surface area contributed by atoms with E-state index in [-0.39, 0.29) is 5.75 Å². The molecule has 0 bridgehead atoms. The number of aliphatic carboxylic acids is 1. The summed E-state index contributed by atoms with van der Waals surface area (Å²) in [5.41, 5.74) is -1.26. The summed E-state index contributed by atoms with van der Waals surface area (Å²) in [7, 11) is 2.95. The molecule has 2 aromatic carbocycles. The van der Waals surface area contributed by atoms with E-state index >= 15 is 0 Å². The van der Waals surface area contributed by atoms with Crippen LogP contribution in [0.4, 0.5) is 0 Å². The number of carbonyl (C=O) groups is 3. The summed E-state index contributed by atoms with van der Waals surface area (Å²) in [5, 5.41) is 39.8. The molecule has 1 saturated carbocycles. The van der Waals surface area contributed by atoms with Crippen molar-refractivity contribution < 1.29 is 53.8 Å². The van der Waals surface area contributed by atoms with Crippen molar-refractivity contribution in [3.8, 4) is 17.2 Å². The van der Waals surface area contributed by atoms with Crippen LogP contribution in [-0.4, -0.2) is 76.5 Å². The van der Waals surface area contributed by atoms with Crippen LogP contribution < -0.4 is 9.47 Å². The van der Waals surface area contributed by atoms with Gasteiger partial charge < -0.3 is 39.4 Å². The van der Waals surface area contributed by atoms with Crippen molar-refractivity contribution in [1.29, 1.82) is 0 Å². The van der Waals surface area contributed by atoms with Gasteiger partial charge in [0.05, 0.1) is 20.3 Å². The van der Waals surface area contributed by atoms with Crippen LogP contribution in [0.25, 0.3) is 12.2 Å². The lowest BCUT2D eigenvalue weighted by Crippen LogP contribution is -2.58. The van der Waals surface area contributed by atoms with Crippen molar-refractivity contribution in [2.75, 3.05) is 14.2 Å². The van der Waals surface area contributed by atoms with Gasteiger partial charge in [0.25, 0.3) is 0 Å². The van der Waals surface area contributed by atoms with Gasteiger partial charge in [0.15, 0.2) is 23.2 Å². The zero-order valence-corrected chi connectivity index (χ0v) is 20.6. The molecule has 0 unspecified atom stereocenters. The second-order valence-corrected chi connectivity index (χ2v) is 8.56. The van der Waals surface area contributed by atoms with Crippen LogP contribution in [0, 0.1) is 0 Å². The molecule has 2 aromatic rings. The number of carboxylic acid groups (broad SMARTS) is 1. The number of ether oxygens (including phenoxy) is 4. The van der Waals surface area contributed by atoms with Crippen molar-refractivity contribution in [3.63, 3.8) is 0 Å². The molecule has 0 aliphatic heterocycles. The first-order chi connectivity index (χ1) is 18.0. The lowest BCUT2D eigenvalue weighted by molar-refractivity contribution is -0.204. The first-order valence-corrected chi connectivity index (χ1v) is 11.5. The zero-order valence-electron chi connectivity index (χ0n) is 20.6. The number of methoxy groups -OCH3 is 2. The van der Waals surface area contributed by atoms with E-state index in [0.29, 0.717) is 22.6 Å². The van der Waals surface area contributed by atoms with Crippen molar-refractivity contribution in [2.24, 2.45) is 0 Å². The summed E-state index contributed by atoms with van der Waals surface area (Å²) in [6.45, 7) is 0. The lowest BCUT2D eigenvalue weighted by Gasteiger charge is -2.40. The van der Waals surface area contributed by atoms with Crippen molar-refractivity contribution >= 4 is 30.1 Å². The average Bonchev–Trinajstić information content (AvgIpc) is 2.88. The summed E-state index contributed by atoms with van der Waals surface area (Å²) in [6.07, 6.45) is -0.864. The predicted octanol–water partition coefficient (Wildman–Crippen LogP) is 1.93.